The van der Waals surface area contributed by atoms with Crippen molar-refractivity contribution in [3.05, 3.63) is 59.7 Å². The molecule has 0 spiro atoms. The molecule has 0 radical (unpaired) electrons. The van der Waals surface area contributed by atoms with E-state index in [0.717, 1.165) is 24.8 Å². The minimum atomic E-state index is -3.41. The topological polar surface area (TPSA) is 111 Å². The Morgan fingerprint density at radius 3 is 2.60 bits per heavy atom. The fourth-order valence-corrected chi connectivity index (χ4v) is 6.01. The summed E-state index contributed by atoms with van der Waals surface area (Å²) in [5, 5.41) is 20.5. The molecule has 1 saturated heterocycles. The predicted molar refractivity (Wildman–Crippen MR) is 139 cm³/mol. The van der Waals surface area contributed by atoms with E-state index in [0.29, 0.717) is 55.5 Å². The van der Waals surface area contributed by atoms with Crippen LogP contribution in [0.3, 0.4) is 0 Å². The first-order chi connectivity index (χ1) is 16.9. The fourth-order valence-electron chi connectivity index (χ4n) is 4.39. The molecule has 1 amide bonds. The zero-order valence-corrected chi connectivity index (χ0v) is 21.1. The van der Waals surface area contributed by atoms with Gasteiger partial charge < -0.3 is 21.1 Å². The van der Waals surface area contributed by atoms with Gasteiger partial charge in [0.2, 0.25) is 10.0 Å². The predicted octanol–water partition coefficient (Wildman–Crippen LogP) is 2.50. The van der Waals surface area contributed by atoms with E-state index in [1.54, 1.807) is 18.2 Å². The Balaban J connectivity index is 1.57. The Hall–Kier alpha value is -2.62. The summed E-state index contributed by atoms with van der Waals surface area (Å²) in [7, 11) is -3.41. The van der Waals surface area contributed by atoms with Crippen molar-refractivity contribution < 1.29 is 18.3 Å². The number of sulfonamides is 1. The molecule has 2 fully saturated rings. The van der Waals surface area contributed by atoms with Gasteiger partial charge in [0.15, 0.2) is 0 Å². The minimum absolute atomic E-state index is 0.110. The van der Waals surface area contributed by atoms with Crippen LogP contribution in [-0.2, 0) is 16.4 Å². The lowest BCUT2D eigenvalue weighted by molar-refractivity contribution is 0.0830. The second-order valence-electron chi connectivity index (χ2n) is 9.41. The molecule has 2 aliphatic rings. The standard InChI is InChI=1S/C26H36N4O4S/c1-2-27-22-15-20(16-23(17-22)30-12-6-7-13-35(30,33)34)26(32)29-24(14-19-8-4-3-5-9-19)25(31)18-28-21-10-11-21/h3-5,8-9,15-17,21,24-25,27-28,31H,2,6-7,10-14,18H2,1H3,(H,29,32)/t24-,25+/m0/s1. The van der Waals surface area contributed by atoms with E-state index < -0.39 is 22.2 Å². The fraction of sp³-hybridized carbons (Fsp3) is 0.500. The summed E-state index contributed by atoms with van der Waals surface area (Å²) in [4.78, 5) is 13.4. The van der Waals surface area contributed by atoms with Crippen LogP contribution in [0, 0.1) is 0 Å². The van der Waals surface area contributed by atoms with Gasteiger partial charge in [0.1, 0.15) is 0 Å². The highest BCUT2D eigenvalue weighted by Crippen LogP contribution is 2.28. The number of anilines is 2. The molecule has 0 unspecified atom stereocenters. The summed E-state index contributed by atoms with van der Waals surface area (Å²) in [5.74, 6) is -0.230. The minimum Gasteiger partial charge on any atom is -0.390 e. The third kappa shape index (κ3) is 6.96. The van der Waals surface area contributed by atoms with Crippen LogP contribution in [-0.4, -0.2) is 63.0 Å². The Kier molecular flexibility index (Phi) is 8.30. The van der Waals surface area contributed by atoms with Crippen molar-refractivity contribution in [1.82, 2.24) is 10.6 Å². The number of amides is 1. The molecule has 4 rings (SSSR count). The second-order valence-corrected chi connectivity index (χ2v) is 11.4. The number of carbonyl (C=O) groups excluding carboxylic acids is 1. The summed E-state index contributed by atoms with van der Waals surface area (Å²) in [6.07, 6.45) is 3.38. The molecule has 9 heteroatoms. The first-order valence-corrected chi connectivity index (χ1v) is 14.1. The SMILES string of the molecule is CCNc1cc(C(=O)N[C@@H](Cc2ccccc2)[C@H](O)CNC2CC2)cc(N2CCCCS2(=O)=O)c1. The van der Waals surface area contributed by atoms with Crippen LogP contribution in [0.15, 0.2) is 48.5 Å². The highest BCUT2D eigenvalue weighted by Gasteiger charge is 2.29. The van der Waals surface area contributed by atoms with Gasteiger partial charge in [0.25, 0.3) is 5.91 Å². The molecule has 8 nitrogen and oxygen atoms in total. The third-order valence-electron chi connectivity index (χ3n) is 6.47. The van der Waals surface area contributed by atoms with Crippen molar-refractivity contribution in [2.24, 2.45) is 0 Å². The maximum Gasteiger partial charge on any atom is 0.251 e. The number of hydrogen-bond acceptors (Lipinski definition) is 6. The molecule has 1 aliphatic carbocycles. The van der Waals surface area contributed by atoms with Crippen molar-refractivity contribution in [3.8, 4) is 0 Å². The molecule has 190 valence electrons. The highest BCUT2D eigenvalue weighted by atomic mass is 32.2. The van der Waals surface area contributed by atoms with Crippen molar-refractivity contribution >= 4 is 27.3 Å². The monoisotopic (exact) mass is 500 g/mol. The molecule has 2 atom stereocenters. The Bertz CT molecular complexity index is 1110. The molecule has 2 aromatic rings. The first-order valence-electron chi connectivity index (χ1n) is 12.5. The molecule has 0 aromatic heterocycles. The number of aliphatic hydroxyl groups is 1. The zero-order valence-electron chi connectivity index (χ0n) is 20.2. The number of carbonyl (C=O) groups is 1. The van der Waals surface area contributed by atoms with E-state index in [1.807, 2.05) is 37.3 Å². The average molecular weight is 501 g/mol. The van der Waals surface area contributed by atoms with Crippen LogP contribution in [0.25, 0.3) is 0 Å². The number of aliphatic hydroxyl groups excluding tert-OH is 1. The van der Waals surface area contributed by atoms with E-state index in [1.165, 1.54) is 4.31 Å². The van der Waals surface area contributed by atoms with Crippen LogP contribution in [0.1, 0.15) is 48.5 Å². The summed E-state index contributed by atoms with van der Waals surface area (Å²) < 4.78 is 26.8. The quantitative estimate of drug-likeness (QED) is 0.377. The first kappa shape index (κ1) is 25.5. The van der Waals surface area contributed by atoms with Gasteiger partial charge in [-0.15, -0.1) is 0 Å². The molecular weight excluding hydrogens is 464 g/mol. The largest absolute Gasteiger partial charge is 0.390 e. The van der Waals surface area contributed by atoms with Crippen molar-refractivity contribution in [1.29, 1.82) is 0 Å². The van der Waals surface area contributed by atoms with Crippen LogP contribution < -0.4 is 20.3 Å². The Morgan fingerprint density at radius 1 is 1.14 bits per heavy atom. The number of rotatable bonds is 11. The average Bonchev–Trinajstić information content (AvgIpc) is 3.67. The summed E-state index contributed by atoms with van der Waals surface area (Å²) in [6.45, 7) is 3.39. The lowest BCUT2D eigenvalue weighted by Crippen LogP contribution is -2.49. The van der Waals surface area contributed by atoms with E-state index in [-0.39, 0.29) is 11.7 Å². The number of benzene rings is 2. The van der Waals surface area contributed by atoms with Gasteiger partial charge in [-0.05, 0) is 62.8 Å². The lowest BCUT2D eigenvalue weighted by atomic mass is 10.00. The summed E-state index contributed by atoms with van der Waals surface area (Å²) >= 11 is 0. The lowest BCUT2D eigenvalue weighted by Gasteiger charge is -2.29. The maximum atomic E-state index is 13.4. The second kappa shape index (κ2) is 11.4. The molecule has 1 heterocycles. The van der Waals surface area contributed by atoms with E-state index in [2.05, 4.69) is 16.0 Å². The number of nitrogens with one attached hydrogen (secondary N) is 3. The van der Waals surface area contributed by atoms with Gasteiger partial charge in [0, 0.05) is 36.9 Å². The molecule has 2 aromatic carbocycles. The molecule has 4 N–H and O–H groups in total. The molecule has 1 aliphatic heterocycles. The van der Waals surface area contributed by atoms with E-state index in [4.69, 9.17) is 0 Å². The van der Waals surface area contributed by atoms with E-state index in [9.17, 15) is 18.3 Å². The Labute approximate surface area is 208 Å². The normalized spacial score (nSPS) is 19.1. The Morgan fingerprint density at radius 2 is 1.91 bits per heavy atom. The van der Waals surface area contributed by atoms with Gasteiger partial charge in [0.05, 0.1) is 23.6 Å². The molecular formula is C26H36N4O4S. The highest BCUT2D eigenvalue weighted by molar-refractivity contribution is 7.92. The summed E-state index contributed by atoms with van der Waals surface area (Å²) in [6, 6.07) is 14.9. The smallest absolute Gasteiger partial charge is 0.251 e. The molecule has 1 saturated carbocycles. The van der Waals surface area contributed by atoms with Gasteiger partial charge in [-0.3, -0.25) is 9.10 Å². The number of hydrogen-bond donors (Lipinski definition) is 4. The van der Waals surface area contributed by atoms with E-state index >= 15 is 0 Å². The third-order valence-corrected chi connectivity index (χ3v) is 8.34. The number of nitrogens with zero attached hydrogens (tertiary/aromatic N) is 1. The molecule has 0 bridgehead atoms. The van der Waals surface area contributed by atoms with Gasteiger partial charge in [-0.2, -0.15) is 0 Å². The van der Waals surface area contributed by atoms with Crippen molar-refractivity contribution in [3.63, 3.8) is 0 Å². The summed E-state index contributed by atoms with van der Waals surface area (Å²) in [5.41, 5.74) is 2.56. The van der Waals surface area contributed by atoms with Crippen LogP contribution in [0.4, 0.5) is 11.4 Å². The van der Waals surface area contributed by atoms with Crippen LogP contribution >= 0.6 is 0 Å². The van der Waals surface area contributed by atoms with Crippen molar-refractivity contribution in [2.75, 3.05) is 35.0 Å². The maximum absolute atomic E-state index is 13.4. The van der Waals surface area contributed by atoms with Gasteiger partial charge in [-0.1, -0.05) is 30.3 Å². The van der Waals surface area contributed by atoms with Crippen molar-refractivity contribution in [2.45, 2.75) is 57.2 Å². The molecule has 35 heavy (non-hydrogen) atoms. The van der Waals surface area contributed by atoms with Gasteiger partial charge in [-0.25, -0.2) is 8.42 Å². The van der Waals surface area contributed by atoms with Gasteiger partial charge >= 0.3 is 0 Å². The van der Waals surface area contributed by atoms with Crippen LogP contribution in [0.5, 0.6) is 0 Å². The van der Waals surface area contributed by atoms with Crippen LogP contribution in [0.2, 0.25) is 0 Å². The zero-order chi connectivity index (χ0) is 24.8.